The van der Waals surface area contributed by atoms with E-state index in [2.05, 4.69) is 16.0 Å². The number of benzene rings is 2. The van der Waals surface area contributed by atoms with Crippen LogP contribution in [0.4, 0.5) is 17.6 Å². The Bertz CT molecular complexity index is 1060. The first-order chi connectivity index (χ1) is 15.9. The molecule has 3 N–H and O–H groups in total. The average Bonchev–Trinajstić information content (AvgIpc) is 2.74. The van der Waals surface area contributed by atoms with Crippen LogP contribution in [0.2, 0.25) is 10.0 Å². The molecule has 1 amide bonds. The second-order valence-electron chi connectivity index (χ2n) is 7.07. The summed E-state index contributed by atoms with van der Waals surface area (Å²) in [7, 11) is 5.93. The number of hydrogen-bond acceptors (Lipinski definition) is 2. The first-order valence-electron chi connectivity index (χ1n) is 10.0. The molecule has 2 aromatic carbocycles. The SMILES string of the molecule is [B]c1cc(/C=C/C(c2cc(Cl)c(F)c(Cl)c2)C(F)(F)F)ccc1C(=O)NCCNC(=S)NCC. The van der Waals surface area contributed by atoms with E-state index in [1.54, 1.807) is 0 Å². The number of amides is 1. The molecule has 0 bridgehead atoms. The predicted molar refractivity (Wildman–Crippen MR) is 133 cm³/mol. The average molecular weight is 532 g/mol. The minimum Gasteiger partial charge on any atom is -0.363 e. The monoisotopic (exact) mass is 531 g/mol. The third kappa shape index (κ3) is 7.89. The summed E-state index contributed by atoms with van der Waals surface area (Å²) in [4.78, 5) is 12.3. The maximum atomic E-state index is 13.6. The molecule has 2 radical (unpaired) electrons. The van der Waals surface area contributed by atoms with Gasteiger partial charge in [-0.15, -0.1) is 0 Å². The largest absolute Gasteiger partial charge is 0.399 e. The Labute approximate surface area is 211 Å². The number of allylic oxidation sites excluding steroid dienone is 1. The lowest BCUT2D eigenvalue weighted by atomic mass is 9.88. The summed E-state index contributed by atoms with van der Waals surface area (Å²) < 4.78 is 54.5. The van der Waals surface area contributed by atoms with E-state index in [0.29, 0.717) is 23.8 Å². The van der Waals surface area contributed by atoms with Crippen LogP contribution in [0.1, 0.15) is 34.3 Å². The fourth-order valence-electron chi connectivity index (χ4n) is 2.93. The molecule has 4 nitrogen and oxygen atoms in total. The van der Waals surface area contributed by atoms with Crippen LogP contribution < -0.4 is 21.4 Å². The quantitative estimate of drug-likeness (QED) is 0.154. The van der Waals surface area contributed by atoms with Gasteiger partial charge in [0.1, 0.15) is 7.85 Å². The highest BCUT2D eigenvalue weighted by Gasteiger charge is 2.39. The van der Waals surface area contributed by atoms with Crippen LogP contribution in [0.15, 0.2) is 36.4 Å². The summed E-state index contributed by atoms with van der Waals surface area (Å²) in [6.45, 7) is 3.25. The molecule has 0 saturated heterocycles. The van der Waals surface area contributed by atoms with Gasteiger partial charge in [0, 0.05) is 25.2 Å². The maximum absolute atomic E-state index is 13.6. The molecule has 0 aromatic heterocycles. The lowest BCUT2D eigenvalue weighted by molar-refractivity contribution is -0.139. The first kappa shape index (κ1) is 27.9. The van der Waals surface area contributed by atoms with Gasteiger partial charge < -0.3 is 16.0 Å². The standard InChI is InChI=1S/C22H20BCl2F4N3OS/c1-2-30-21(34)32-8-7-31-20(33)14-5-3-12(9-16(14)23)4-6-15(22(27,28)29)13-10-17(24)19(26)18(25)11-13/h3-6,9-11,15H,2,7-8H2,1H3,(H,31,33)(H2,30,32,34)/b6-4+. The number of alkyl halides is 3. The van der Waals surface area contributed by atoms with Gasteiger partial charge in [-0.3, -0.25) is 4.79 Å². The van der Waals surface area contributed by atoms with E-state index in [4.69, 9.17) is 43.3 Å². The van der Waals surface area contributed by atoms with E-state index in [0.717, 1.165) is 18.2 Å². The zero-order valence-corrected chi connectivity index (χ0v) is 20.2. The maximum Gasteiger partial charge on any atom is 0.399 e. The highest BCUT2D eigenvalue weighted by molar-refractivity contribution is 7.80. The van der Waals surface area contributed by atoms with Crippen LogP contribution in [0.3, 0.4) is 0 Å². The molecule has 12 heteroatoms. The van der Waals surface area contributed by atoms with Crippen molar-refractivity contribution in [3.63, 3.8) is 0 Å². The Morgan fingerprint density at radius 3 is 2.29 bits per heavy atom. The Morgan fingerprint density at radius 1 is 1.12 bits per heavy atom. The number of hydrogen-bond donors (Lipinski definition) is 3. The van der Waals surface area contributed by atoms with Crippen molar-refractivity contribution in [2.45, 2.75) is 19.0 Å². The number of halogens is 6. The van der Waals surface area contributed by atoms with Gasteiger partial charge in [-0.2, -0.15) is 13.2 Å². The Morgan fingerprint density at radius 2 is 1.74 bits per heavy atom. The fraction of sp³-hybridized carbons (Fsp3) is 0.273. The second-order valence-corrected chi connectivity index (χ2v) is 8.29. The summed E-state index contributed by atoms with van der Waals surface area (Å²) in [6, 6.07) is 6.01. The van der Waals surface area contributed by atoms with Crippen molar-refractivity contribution in [3.8, 4) is 0 Å². The smallest absolute Gasteiger partial charge is 0.363 e. The van der Waals surface area contributed by atoms with Gasteiger partial charge >= 0.3 is 6.18 Å². The normalized spacial score (nSPS) is 12.4. The van der Waals surface area contributed by atoms with Gasteiger partial charge in [-0.1, -0.05) is 52.9 Å². The molecule has 0 saturated carbocycles. The van der Waals surface area contributed by atoms with Crippen LogP contribution in [-0.4, -0.2) is 44.7 Å². The lowest BCUT2D eigenvalue weighted by Gasteiger charge is -2.18. The van der Waals surface area contributed by atoms with Crippen LogP contribution in [0.25, 0.3) is 6.08 Å². The molecule has 1 atom stereocenters. The Balaban J connectivity index is 2.12. The van der Waals surface area contributed by atoms with Gasteiger partial charge in [-0.05, 0) is 48.5 Å². The predicted octanol–water partition coefficient (Wildman–Crippen LogP) is 4.50. The lowest BCUT2D eigenvalue weighted by Crippen LogP contribution is -2.40. The molecule has 0 aliphatic carbocycles. The summed E-state index contributed by atoms with van der Waals surface area (Å²) in [5.41, 5.74) is 0.287. The van der Waals surface area contributed by atoms with Crippen molar-refractivity contribution in [1.82, 2.24) is 16.0 Å². The highest BCUT2D eigenvalue weighted by Crippen LogP contribution is 2.39. The zero-order valence-electron chi connectivity index (χ0n) is 17.9. The van der Waals surface area contributed by atoms with Crippen molar-refractivity contribution >= 4 is 65.8 Å². The third-order valence-corrected chi connectivity index (χ3v) is 5.39. The number of carbonyl (C=O) groups is 1. The molecule has 2 aromatic rings. The van der Waals surface area contributed by atoms with E-state index in [1.165, 1.54) is 24.3 Å². The molecule has 1 unspecified atom stereocenters. The molecule has 0 heterocycles. The number of thiocarbonyl (C=S) groups is 1. The molecule has 180 valence electrons. The van der Waals surface area contributed by atoms with Crippen LogP contribution >= 0.6 is 35.4 Å². The molecule has 0 fully saturated rings. The van der Waals surface area contributed by atoms with Crippen molar-refractivity contribution in [2.24, 2.45) is 0 Å². The van der Waals surface area contributed by atoms with Gasteiger partial charge in [0.15, 0.2) is 10.9 Å². The summed E-state index contributed by atoms with van der Waals surface area (Å²) in [5, 5.41) is 7.94. The molecular formula is C22H20BCl2F4N3OS. The van der Waals surface area contributed by atoms with E-state index in [1.807, 2.05) is 6.92 Å². The van der Waals surface area contributed by atoms with E-state index in [-0.39, 0.29) is 23.1 Å². The number of carbonyl (C=O) groups excluding carboxylic acids is 1. The molecule has 0 aliphatic heterocycles. The summed E-state index contributed by atoms with van der Waals surface area (Å²) in [5.74, 6) is -3.52. The van der Waals surface area contributed by atoms with Crippen molar-refractivity contribution in [3.05, 3.63) is 69.0 Å². The van der Waals surface area contributed by atoms with Gasteiger partial charge in [0.05, 0.1) is 16.0 Å². The van der Waals surface area contributed by atoms with E-state index < -0.39 is 33.9 Å². The van der Waals surface area contributed by atoms with Crippen LogP contribution in [-0.2, 0) is 0 Å². The second kappa shape index (κ2) is 12.4. The van der Waals surface area contributed by atoms with Crippen LogP contribution in [0, 0.1) is 5.82 Å². The molecule has 0 aliphatic rings. The highest BCUT2D eigenvalue weighted by atomic mass is 35.5. The molecular weight excluding hydrogens is 512 g/mol. The molecule has 2 rings (SSSR count). The van der Waals surface area contributed by atoms with Crippen LogP contribution in [0.5, 0.6) is 0 Å². The first-order valence-corrected chi connectivity index (χ1v) is 11.2. The Kier molecular flexibility index (Phi) is 10.2. The van der Waals surface area contributed by atoms with E-state index in [9.17, 15) is 22.4 Å². The summed E-state index contributed by atoms with van der Waals surface area (Å²) in [6.07, 6.45) is -2.60. The van der Waals surface area contributed by atoms with Gasteiger partial charge in [0.25, 0.3) is 5.91 Å². The van der Waals surface area contributed by atoms with Crippen molar-refractivity contribution in [1.29, 1.82) is 0 Å². The Hall–Kier alpha value is -2.30. The number of nitrogens with one attached hydrogen (secondary N) is 3. The van der Waals surface area contributed by atoms with E-state index >= 15 is 0 Å². The minimum absolute atomic E-state index is 0.0900. The fourth-order valence-corrected chi connectivity index (χ4v) is 3.68. The van der Waals surface area contributed by atoms with Gasteiger partial charge in [-0.25, -0.2) is 4.39 Å². The topological polar surface area (TPSA) is 53.2 Å². The molecule has 34 heavy (non-hydrogen) atoms. The van der Waals surface area contributed by atoms with Crippen molar-refractivity contribution < 1.29 is 22.4 Å². The molecule has 0 spiro atoms. The van der Waals surface area contributed by atoms with Crippen molar-refractivity contribution in [2.75, 3.05) is 19.6 Å². The summed E-state index contributed by atoms with van der Waals surface area (Å²) >= 11 is 16.3. The number of rotatable bonds is 8. The minimum atomic E-state index is -4.69. The van der Waals surface area contributed by atoms with Gasteiger partial charge in [0.2, 0.25) is 0 Å². The zero-order chi connectivity index (χ0) is 25.5. The third-order valence-electron chi connectivity index (χ3n) is 4.55.